The van der Waals surface area contributed by atoms with E-state index in [0.717, 1.165) is 51.5 Å². The standard InChI is InChI=1S/C27H31ClN2O2S/c1-18-14-21(27(2,3)4)22(28)15-20(18)24-16-25(32-17-19-10-7-6-8-11-19)26-23(30-24)12-9-13-33(26,31)29-5/h6-8,10-11,14-16H,9,12-13,17H2,1-5H3/t33-/m0/s1. The smallest absolute Gasteiger partial charge is 0.140 e. The van der Waals surface area contributed by atoms with Gasteiger partial charge in [-0.25, -0.2) is 8.57 Å². The number of benzene rings is 2. The van der Waals surface area contributed by atoms with E-state index in [4.69, 9.17) is 21.3 Å². The van der Waals surface area contributed by atoms with E-state index in [2.05, 4.69) is 38.1 Å². The lowest BCUT2D eigenvalue weighted by Gasteiger charge is -2.25. The van der Waals surface area contributed by atoms with Gasteiger partial charge in [-0.2, -0.15) is 0 Å². The first-order valence-electron chi connectivity index (χ1n) is 11.3. The normalized spacial score (nSPS) is 18.0. The van der Waals surface area contributed by atoms with Gasteiger partial charge in [0.25, 0.3) is 0 Å². The first-order valence-corrected chi connectivity index (χ1v) is 13.3. The number of pyridine rings is 1. The number of rotatable bonds is 4. The number of fused-ring (bicyclic) bond motifs is 1. The number of hydrogen-bond donors (Lipinski definition) is 0. The first kappa shape index (κ1) is 23.8. The van der Waals surface area contributed by atoms with Gasteiger partial charge in [-0.15, -0.1) is 0 Å². The molecule has 0 fully saturated rings. The Balaban J connectivity index is 1.86. The summed E-state index contributed by atoms with van der Waals surface area (Å²) in [5.74, 6) is 1.13. The van der Waals surface area contributed by atoms with Crippen LogP contribution in [0.5, 0.6) is 5.75 Å². The minimum atomic E-state index is -2.55. The lowest BCUT2D eigenvalue weighted by Crippen LogP contribution is -2.19. The van der Waals surface area contributed by atoms with Crippen LogP contribution in [0.3, 0.4) is 0 Å². The number of hydrogen-bond acceptors (Lipinski definition) is 4. The molecule has 3 aromatic rings. The Bertz CT molecular complexity index is 1300. The van der Waals surface area contributed by atoms with Gasteiger partial charge in [-0.3, -0.25) is 4.98 Å². The summed E-state index contributed by atoms with van der Waals surface area (Å²) >= 11 is 6.71. The molecule has 0 saturated carbocycles. The van der Waals surface area contributed by atoms with Gasteiger partial charge in [0.2, 0.25) is 0 Å². The van der Waals surface area contributed by atoms with Gasteiger partial charge < -0.3 is 4.74 Å². The highest BCUT2D eigenvalue weighted by atomic mass is 35.5. The fraction of sp³-hybridized carbons (Fsp3) is 0.370. The fourth-order valence-corrected chi connectivity index (χ4v) is 6.80. The molecule has 1 aromatic heterocycles. The van der Waals surface area contributed by atoms with Crippen molar-refractivity contribution in [1.29, 1.82) is 0 Å². The van der Waals surface area contributed by atoms with Crippen LogP contribution in [-0.4, -0.2) is 22.0 Å². The molecule has 2 aromatic carbocycles. The molecule has 6 heteroatoms. The predicted octanol–water partition coefficient (Wildman–Crippen LogP) is 6.99. The van der Waals surface area contributed by atoms with E-state index in [1.54, 1.807) is 7.05 Å². The van der Waals surface area contributed by atoms with Crippen LogP contribution in [0.4, 0.5) is 0 Å². The highest BCUT2D eigenvalue weighted by Crippen LogP contribution is 2.40. The zero-order valence-electron chi connectivity index (χ0n) is 19.9. The van der Waals surface area contributed by atoms with Crippen molar-refractivity contribution in [3.8, 4) is 17.0 Å². The molecule has 174 valence electrons. The maximum atomic E-state index is 13.6. The molecular weight excluding hydrogens is 452 g/mol. The van der Waals surface area contributed by atoms with Gasteiger partial charge in [0, 0.05) is 29.5 Å². The van der Waals surface area contributed by atoms with E-state index < -0.39 is 9.73 Å². The zero-order chi connectivity index (χ0) is 23.8. The maximum absolute atomic E-state index is 13.6. The summed E-state index contributed by atoms with van der Waals surface area (Å²) in [6, 6.07) is 16.0. The summed E-state index contributed by atoms with van der Waals surface area (Å²) in [5, 5.41) is 0.724. The third-order valence-corrected chi connectivity index (χ3v) is 8.91. The van der Waals surface area contributed by atoms with Gasteiger partial charge in [0.05, 0.1) is 21.1 Å². The second kappa shape index (κ2) is 9.11. The van der Waals surface area contributed by atoms with Gasteiger partial charge in [0.15, 0.2) is 0 Å². The third-order valence-electron chi connectivity index (χ3n) is 6.09. The topological polar surface area (TPSA) is 51.5 Å². The van der Waals surface area contributed by atoms with Crippen LogP contribution in [0, 0.1) is 6.92 Å². The van der Waals surface area contributed by atoms with Crippen molar-refractivity contribution in [2.75, 3.05) is 12.8 Å². The molecule has 4 rings (SSSR count). The monoisotopic (exact) mass is 482 g/mol. The molecule has 0 amide bonds. The average Bonchev–Trinajstić information content (AvgIpc) is 2.78. The maximum Gasteiger partial charge on any atom is 0.140 e. The molecule has 4 nitrogen and oxygen atoms in total. The lowest BCUT2D eigenvalue weighted by molar-refractivity contribution is 0.297. The SMILES string of the molecule is CN=[S@]1(=O)CCCc2nc(-c3cc(Cl)c(C(C)(C)C)cc3C)cc(OCc3ccccc3)c21. The van der Waals surface area contributed by atoms with E-state index in [-0.39, 0.29) is 5.41 Å². The molecule has 1 atom stereocenters. The van der Waals surface area contributed by atoms with E-state index in [9.17, 15) is 4.21 Å². The zero-order valence-corrected chi connectivity index (χ0v) is 21.5. The van der Waals surface area contributed by atoms with Crippen molar-refractivity contribution in [2.45, 2.75) is 57.5 Å². The van der Waals surface area contributed by atoms with Gasteiger partial charge >= 0.3 is 0 Å². The van der Waals surface area contributed by atoms with Crippen LogP contribution in [0.2, 0.25) is 5.02 Å². The van der Waals surface area contributed by atoms with E-state index >= 15 is 0 Å². The molecular formula is C27H31ClN2O2S. The van der Waals surface area contributed by atoms with Crippen LogP contribution in [0.1, 0.15) is 49.6 Å². The molecule has 0 radical (unpaired) electrons. The average molecular weight is 483 g/mol. The Kier molecular flexibility index (Phi) is 6.56. The van der Waals surface area contributed by atoms with Crippen molar-refractivity contribution in [2.24, 2.45) is 4.36 Å². The molecule has 0 saturated heterocycles. The second-order valence-electron chi connectivity index (χ2n) is 9.58. The summed E-state index contributed by atoms with van der Waals surface area (Å²) in [6.45, 7) is 8.94. The minimum Gasteiger partial charge on any atom is -0.487 e. The predicted molar refractivity (Wildman–Crippen MR) is 137 cm³/mol. The summed E-state index contributed by atoms with van der Waals surface area (Å²) in [5.41, 5.74) is 5.77. The lowest BCUT2D eigenvalue weighted by atomic mass is 9.85. The Morgan fingerprint density at radius 2 is 1.88 bits per heavy atom. The Labute approximate surface area is 202 Å². The molecule has 1 aliphatic rings. The van der Waals surface area contributed by atoms with Crippen LogP contribution in [-0.2, 0) is 28.2 Å². The number of nitrogens with zero attached hydrogens (tertiary/aromatic N) is 2. The molecule has 0 aliphatic carbocycles. The van der Waals surface area contributed by atoms with E-state index in [1.165, 1.54) is 0 Å². The Hall–Kier alpha value is -2.37. The Morgan fingerprint density at radius 1 is 1.15 bits per heavy atom. The summed E-state index contributed by atoms with van der Waals surface area (Å²) in [4.78, 5) is 5.62. The molecule has 0 N–H and O–H groups in total. The van der Waals surface area contributed by atoms with Crippen molar-refractivity contribution in [3.63, 3.8) is 0 Å². The van der Waals surface area contributed by atoms with Crippen molar-refractivity contribution in [3.05, 3.63) is 75.9 Å². The molecule has 1 aliphatic heterocycles. The summed E-state index contributed by atoms with van der Waals surface area (Å²) in [7, 11) is -0.928. The minimum absolute atomic E-state index is 0.0538. The van der Waals surface area contributed by atoms with Crippen LogP contribution in [0.15, 0.2) is 57.8 Å². The second-order valence-corrected chi connectivity index (χ2v) is 12.5. The van der Waals surface area contributed by atoms with E-state index in [1.807, 2.05) is 42.5 Å². The highest BCUT2D eigenvalue weighted by molar-refractivity contribution is 7.93. The van der Waals surface area contributed by atoms with Crippen molar-refractivity contribution >= 4 is 21.3 Å². The summed E-state index contributed by atoms with van der Waals surface area (Å²) in [6.07, 6.45) is 1.55. The van der Waals surface area contributed by atoms with Gasteiger partial charge in [-0.1, -0.05) is 68.8 Å². The number of ether oxygens (including phenoxy) is 1. The fourth-order valence-electron chi connectivity index (χ4n) is 4.30. The quantitative estimate of drug-likeness (QED) is 0.402. The third kappa shape index (κ3) is 4.80. The summed E-state index contributed by atoms with van der Waals surface area (Å²) < 4.78 is 24.2. The molecule has 2 heterocycles. The highest BCUT2D eigenvalue weighted by Gasteiger charge is 2.29. The number of aryl methyl sites for hydroxylation is 2. The first-order chi connectivity index (χ1) is 15.6. The Morgan fingerprint density at radius 3 is 2.55 bits per heavy atom. The molecule has 0 bridgehead atoms. The van der Waals surface area contributed by atoms with Gasteiger partial charge in [-0.05, 0) is 47.9 Å². The van der Waals surface area contributed by atoms with Crippen LogP contribution in [0.25, 0.3) is 11.3 Å². The van der Waals surface area contributed by atoms with E-state index in [0.29, 0.717) is 23.0 Å². The molecule has 0 unspecified atom stereocenters. The van der Waals surface area contributed by atoms with Gasteiger partial charge in [0.1, 0.15) is 17.3 Å². The van der Waals surface area contributed by atoms with Crippen LogP contribution < -0.4 is 4.74 Å². The van der Waals surface area contributed by atoms with Crippen LogP contribution >= 0.6 is 11.6 Å². The van der Waals surface area contributed by atoms with Crippen molar-refractivity contribution < 1.29 is 8.95 Å². The number of halogens is 1. The molecule has 33 heavy (non-hydrogen) atoms. The van der Waals surface area contributed by atoms with Crippen molar-refractivity contribution in [1.82, 2.24) is 4.98 Å². The number of aromatic nitrogens is 1. The largest absolute Gasteiger partial charge is 0.487 e. The molecule has 0 spiro atoms.